The van der Waals surface area contributed by atoms with Crippen LogP contribution in [0.5, 0.6) is 5.75 Å². The number of hydrogen-bond acceptors (Lipinski definition) is 7. The number of nitrogens with zero attached hydrogens (tertiary/aromatic N) is 2. The van der Waals surface area contributed by atoms with Gasteiger partial charge in [0, 0.05) is 12.2 Å². The smallest absolute Gasteiger partial charge is 0.312 e. The van der Waals surface area contributed by atoms with Crippen LogP contribution in [-0.4, -0.2) is 77.9 Å². The van der Waals surface area contributed by atoms with Crippen LogP contribution in [0.4, 0.5) is 5.69 Å². The summed E-state index contributed by atoms with van der Waals surface area (Å²) in [6.45, 7) is 11.2. The lowest BCUT2D eigenvalue weighted by atomic mass is 9.66. The zero-order valence-corrected chi connectivity index (χ0v) is 22.4. The molecule has 3 aliphatic rings. The number of benzene rings is 1. The fourth-order valence-corrected chi connectivity index (χ4v) is 6.50. The van der Waals surface area contributed by atoms with Gasteiger partial charge in [0.25, 0.3) is 5.91 Å². The quantitative estimate of drug-likeness (QED) is 0.254. The molecule has 0 aliphatic carbocycles. The lowest BCUT2D eigenvalue weighted by molar-refractivity contribution is -0.160. The Morgan fingerprint density at radius 2 is 1.97 bits per heavy atom. The van der Waals surface area contributed by atoms with Gasteiger partial charge in [-0.15, -0.1) is 13.2 Å². The van der Waals surface area contributed by atoms with Crippen molar-refractivity contribution in [2.75, 3.05) is 31.8 Å². The average Bonchev–Trinajstić information content (AvgIpc) is 3.49. The first-order valence-corrected chi connectivity index (χ1v) is 13.2. The van der Waals surface area contributed by atoms with Crippen molar-refractivity contribution in [1.29, 1.82) is 0 Å². The lowest BCUT2D eigenvalue weighted by Gasteiger charge is -2.39. The van der Waals surface area contributed by atoms with Crippen molar-refractivity contribution >= 4 is 23.5 Å². The van der Waals surface area contributed by atoms with Crippen molar-refractivity contribution in [3.8, 4) is 5.75 Å². The maximum atomic E-state index is 14.5. The maximum absolute atomic E-state index is 14.5. The number of aliphatic hydroxyl groups is 1. The molecule has 2 amide bonds. The number of hydrogen-bond donors (Lipinski definition) is 1. The first-order valence-electron chi connectivity index (χ1n) is 13.2. The molecule has 3 saturated heterocycles. The SMILES string of the molecule is C=CCCOC(=O)[C@@H]1[C@H]2C(=O)N([C@@H](CC)CO)C(C(=O)N(CC=C)c3ccc(OC)cc3)C23CC[C@@]1(C)O3. The van der Waals surface area contributed by atoms with Crippen molar-refractivity contribution < 1.29 is 33.7 Å². The van der Waals surface area contributed by atoms with E-state index in [2.05, 4.69) is 13.2 Å². The minimum Gasteiger partial charge on any atom is -0.497 e. The highest BCUT2D eigenvalue weighted by Gasteiger charge is 2.79. The van der Waals surface area contributed by atoms with E-state index in [9.17, 15) is 19.5 Å². The Kier molecular flexibility index (Phi) is 7.99. The van der Waals surface area contributed by atoms with E-state index in [0.29, 0.717) is 37.1 Å². The summed E-state index contributed by atoms with van der Waals surface area (Å²) in [5.74, 6) is -2.29. The highest BCUT2D eigenvalue weighted by molar-refractivity contribution is 6.05. The van der Waals surface area contributed by atoms with E-state index in [-0.39, 0.29) is 31.6 Å². The van der Waals surface area contributed by atoms with Crippen molar-refractivity contribution in [1.82, 2.24) is 4.90 Å². The number of likely N-dealkylation sites (tertiary alicyclic amines) is 1. The van der Waals surface area contributed by atoms with Gasteiger partial charge in [-0.2, -0.15) is 0 Å². The molecule has 1 spiro atoms. The van der Waals surface area contributed by atoms with Gasteiger partial charge in [-0.25, -0.2) is 0 Å². The van der Waals surface area contributed by atoms with Crippen molar-refractivity contribution in [2.45, 2.75) is 62.8 Å². The van der Waals surface area contributed by atoms with E-state index in [1.807, 2.05) is 13.8 Å². The Bertz CT molecular complexity index is 1080. The van der Waals surface area contributed by atoms with Gasteiger partial charge in [0.05, 0.1) is 37.9 Å². The normalized spacial score (nSPS) is 30.1. The second-order valence-electron chi connectivity index (χ2n) is 10.4. The summed E-state index contributed by atoms with van der Waals surface area (Å²) in [7, 11) is 1.57. The topological polar surface area (TPSA) is 106 Å². The third-order valence-corrected chi connectivity index (χ3v) is 8.31. The van der Waals surface area contributed by atoms with Crippen LogP contribution in [0.2, 0.25) is 0 Å². The molecule has 3 heterocycles. The van der Waals surface area contributed by atoms with Gasteiger partial charge < -0.3 is 29.1 Å². The van der Waals surface area contributed by atoms with Gasteiger partial charge in [0.2, 0.25) is 5.91 Å². The number of carbonyl (C=O) groups is 3. The third-order valence-electron chi connectivity index (χ3n) is 8.31. The summed E-state index contributed by atoms with van der Waals surface area (Å²) < 4.78 is 17.4. The lowest BCUT2D eigenvalue weighted by Crippen LogP contribution is -2.59. The van der Waals surface area contributed by atoms with Crippen LogP contribution in [0.15, 0.2) is 49.6 Å². The van der Waals surface area contributed by atoms with Crippen LogP contribution in [0, 0.1) is 11.8 Å². The summed E-state index contributed by atoms with van der Waals surface area (Å²) in [6, 6.07) is 5.43. The number of anilines is 1. The van der Waals surface area contributed by atoms with Crippen molar-refractivity contribution in [3.63, 3.8) is 0 Å². The predicted octanol–water partition coefficient (Wildman–Crippen LogP) is 2.87. The van der Waals surface area contributed by atoms with E-state index < -0.39 is 41.1 Å². The zero-order valence-electron chi connectivity index (χ0n) is 22.4. The van der Waals surface area contributed by atoms with E-state index in [1.165, 1.54) is 4.90 Å². The molecule has 6 atom stereocenters. The number of aliphatic hydroxyl groups excluding tert-OH is 1. The molecule has 9 heteroatoms. The van der Waals surface area contributed by atoms with Crippen LogP contribution in [0.3, 0.4) is 0 Å². The molecular weight excluding hydrogens is 488 g/mol. The molecule has 38 heavy (non-hydrogen) atoms. The van der Waals surface area contributed by atoms with Crippen molar-refractivity contribution in [3.05, 3.63) is 49.6 Å². The fraction of sp³-hybridized carbons (Fsp3) is 0.552. The number of amides is 2. The maximum Gasteiger partial charge on any atom is 0.312 e. The molecule has 0 aromatic heterocycles. The van der Waals surface area contributed by atoms with Gasteiger partial charge >= 0.3 is 5.97 Å². The molecule has 3 aliphatic heterocycles. The molecule has 206 valence electrons. The van der Waals surface area contributed by atoms with E-state index in [1.54, 1.807) is 48.4 Å². The molecule has 0 radical (unpaired) electrons. The number of fused-ring (bicyclic) bond motifs is 1. The molecule has 2 unspecified atom stereocenters. The van der Waals surface area contributed by atoms with E-state index in [0.717, 1.165) is 0 Å². The highest BCUT2D eigenvalue weighted by atomic mass is 16.6. The summed E-state index contributed by atoms with van der Waals surface area (Å²) in [6.07, 6.45) is 5.16. The van der Waals surface area contributed by atoms with Crippen LogP contribution < -0.4 is 9.64 Å². The number of rotatable bonds is 12. The first-order chi connectivity index (χ1) is 18.2. The first kappa shape index (κ1) is 27.9. The summed E-state index contributed by atoms with van der Waals surface area (Å²) in [4.78, 5) is 45.0. The molecule has 0 saturated carbocycles. The number of carbonyl (C=O) groups excluding carboxylic acids is 3. The zero-order chi connectivity index (χ0) is 27.7. The minimum absolute atomic E-state index is 0.160. The van der Waals surface area contributed by atoms with Gasteiger partial charge in [0.1, 0.15) is 23.3 Å². The molecule has 2 bridgehead atoms. The molecule has 1 aromatic carbocycles. The van der Waals surface area contributed by atoms with Crippen LogP contribution >= 0.6 is 0 Å². The largest absolute Gasteiger partial charge is 0.497 e. The van der Waals surface area contributed by atoms with Crippen LogP contribution in [0.1, 0.15) is 39.5 Å². The molecule has 3 fully saturated rings. The Morgan fingerprint density at radius 1 is 1.26 bits per heavy atom. The van der Waals surface area contributed by atoms with Gasteiger partial charge in [-0.05, 0) is 56.9 Å². The summed E-state index contributed by atoms with van der Waals surface area (Å²) in [5, 5.41) is 10.2. The van der Waals surface area contributed by atoms with E-state index in [4.69, 9.17) is 14.2 Å². The molecule has 1 N–H and O–H groups in total. The third kappa shape index (κ3) is 4.31. The number of ether oxygens (including phenoxy) is 3. The van der Waals surface area contributed by atoms with E-state index >= 15 is 0 Å². The summed E-state index contributed by atoms with van der Waals surface area (Å²) >= 11 is 0. The highest BCUT2D eigenvalue weighted by Crippen LogP contribution is 2.63. The van der Waals surface area contributed by atoms with Gasteiger partial charge in [-0.1, -0.05) is 19.1 Å². The Labute approximate surface area is 224 Å². The molecule has 1 aromatic rings. The molecule has 9 nitrogen and oxygen atoms in total. The van der Waals surface area contributed by atoms with Gasteiger partial charge in [0.15, 0.2) is 0 Å². The van der Waals surface area contributed by atoms with Gasteiger partial charge in [-0.3, -0.25) is 14.4 Å². The van der Waals surface area contributed by atoms with Crippen molar-refractivity contribution in [2.24, 2.45) is 11.8 Å². The standard InChI is InChI=1S/C29H38N2O7/c1-6-9-17-37-27(35)23-22-25(33)31(19(8-3)18-32)24(29(22)15-14-28(23,4)38-29)26(34)30(16-7-2)20-10-12-21(36-5)13-11-20/h6-7,10-13,19,22-24,32H,1-2,8-9,14-18H2,3-5H3/t19-,22-,23-,24?,28+,29?/m0/s1. The van der Waals surface area contributed by atoms with Crippen LogP contribution in [0.25, 0.3) is 0 Å². The molecular formula is C29H38N2O7. The Balaban J connectivity index is 1.79. The number of methoxy groups -OCH3 is 1. The average molecular weight is 527 g/mol. The Morgan fingerprint density at radius 3 is 2.55 bits per heavy atom. The second kappa shape index (κ2) is 10.9. The predicted molar refractivity (Wildman–Crippen MR) is 142 cm³/mol. The van der Waals surface area contributed by atoms with Crippen LogP contribution in [-0.2, 0) is 23.9 Å². The molecule has 4 rings (SSSR count). The monoisotopic (exact) mass is 526 g/mol. The fourth-order valence-electron chi connectivity index (χ4n) is 6.50. The minimum atomic E-state index is -1.21. The summed E-state index contributed by atoms with van der Waals surface area (Å²) in [5.41, 5.74) is -1.53. The second-order valence-corrected chi connectivity index (χ2v) is 10.4. The number of esters is 1. The Hall–Kier alpha value is -3.17.